The third kappa shape index (κ3) is 6.71. The van der Waals surface area contributed by atoms with E-state index in [4.69, 9.17) is 0 Å². The zero-order valence-corrected chi connectivity index (χ0v) is 11.3. The summed E-state index contributed by atoms with van der Waals surface area (Å²) < 4.78 is 4.31. The van der Waals surface area contributed by atoms with E-state index in [1.54, 1.807) is 0 Å². The lowest BCUT2D eigenvalue weighted by atomic mass is 10.0. The molecule has 0 spiro atoms. The molecule has 5 heteroatoms. The average Bonchev–Trinajstić information content (AvgIpc) is 2.13. The molecule has 0 aliphatic rings. The molecule has 0 aromatic heterocycles. The number of rotatable bonds is 6. The number of ether oxygens (including phenoxy) is 1. The monoisotopic (exact) mass is 247 g/mol. The summed E-state index contributed by atoms with van der Waals surface area (Å²) in [5, 5.41) is 2.66. The highest BCUT2D eigenvalue weighted by molar-refractivity contribution is 7.81. The Balaban J connectivity index is 4.44. The fraction of sp³-hybridized carbons (Fsp3) is 0.818. The Labute approximate surface area is 103 Å². The number of hydrogen-bond donors (Lipinski definition) is 2. The molecule has 0 fully saturated rings. The van der Waals surface area contributed by atoms with Crippen molar-refractivity contribution >= 4 is 24.5 Å². The SMILES string of the molecule is CCCC(=O)N[C@@H](CC(C)(C)S)C(=O)OC. The summed E-state index contributed by atoms with van der Waals surface area (Å²) in [7, 11) is 1.31. The van der Waals surface area contributed by atoms with Crippen molar-refractivity contribution in [2.45, 2.75) is 50.8 Å². The minimum absolute atomic E-state index is 0.129. The van der Waals surface area contributed by atoms with Crippen LogP contribution in [0.1, 0.15) is 40.0 Å². The van der Waals surface area contributed by atoms with E-state index in [2.05, 4.69) is 22.7 Å². The smallest absolute Gasteiger partial charge is 0.328 e. The van der Waals surface area contributed by atoms with Crippen molar-refractivity contribution < 1.29 is 14.3 Å². The van der Waals surface area contributed by atoms with Crippen molar-refractivity contribution in [3.05, 3.63) is 0 Å². The third-order valence-corrected chi connectivity index (χ3v) is 2.18. The average molecular weight is 247 g/mol. The molecular weight excluding hydrogens is 226 g/mol. The molecule has 0 aromatic rings. The van der Waals surface area contributed by atoms with Gasteiger partial charge in [-0.05, 0) is 12.8 Å². The van der Waals surface area contributed by atoms with Gasteiger partial charge in [0.2, 0.25) is 5.91 Å². The number of thiol groups is 1. The standard InChI is InChI=1S/C11H21NO3S/c1-5-6-9(13)12-8(10(14)15-4)7-11(2,3)16/h8,16H,5-7H2,1-4H3,(H,12,13)/t8-/m0/s1. The van der Waals surface area contributed by atoms with Crippen molar-refractivity contribution in [1.29, 1.82) is 0 Å². The maximum atomic E-state index is 11.5. The van der Waals surface area contributed by atoms with Gasteiger partial charge in [-0.3, -0.25) is 4.79 Å². The van der Waals surface area contributed by atoms with Gasteiger partial charge in [0.05, 0.1) is 7.11 Å². The minimum Gasteiger partial charge on any atom is -0.467 e. The Hall–Kier alpha value is -0.710. The van der Waals surface area contributed by atoms with Crippen LogP contribution in [0.5, 0.6) is 0 Å². The zero-order valence-electron chi connectivity index (χ0n) is 10.4. The summed E-state index contributed by atoms with van der Waals surface area (Å²) in [6.07, 6.45) is 1.61. The quantitative estimate of drug-likeness (QED) is 0.553. The van der Waals surface area contributed by atoms with Gasteiger partial charge in [-0.1, -0.05) is 20.8 Å². The molecule has 0 radical (unpaired) electrons. The van der Waals surface area contributed by atoms with Gasteiger partial charge in [0, 0.05) is 11.2 Å². The molecular formula is C11H21NO3S. The Bertz CT molecular complexity index is 248. The molecule has 0 saturated heterocycles. The van der Waals surface area contributed by atoms with Gasteiger partial charge in [0.25, 0.3) is 0 Å². The molecule has 0 aliphatic carbocycles. The molecule has 1 atom stereocenters. The van der Waals surface area contributed by atoms with Gasteiger partial charge in [-0.25, -0.2) is 4.79 Å². The predicted octanol–water partition coefficient (Wildman–Crippen LogP) is 1.54. The molecule has 4 nitrogen and oxygen atoms in total. The maximum absolute atomic E-state index is 11.5. The number of carbonyl (C=O) groups is 2. The van der Waals surface area contributed by atoms with Gasteiger partial charge in [0.1, 0.15) is 6.04 Å². The second-order valence-electron chi connectivity index (χ2n) is 4.41. The first-order chi connectivity index (χ1) is 7.30. The van der Waals surface area contributed by atoms with Gasteiger partial charge in [0.15, 0.2) is 0 Å². The van der Waals surface area contributed by atoms with E-state index in [1.807, 2.05) is 20.8 Å². The molecule has 16 heavy (non-hydrogen) atoms. The fourth-order valence-electron chi connectivity index (χ4n) is 1.33. The van der Waals surface area contributed by atoms with E-state index in [-0.39, 0.29) is 10.7 Å². The Kier molecular flexibility index (Phi) is 6.48. The molecule has 0 unspecified atom stereocenters. The van der Waals surface area contributed by atoms with E-state index in [0.29, 0.717) is 12.8 Å². The minimum atomic E-state index is -0.614. The van der Waals surface area contributed by atoms with E-state index in [9.17, 15) is 9.59 Å². The number of methoxy groups -OCH3 is 1. The Morgan fingerprint density at radius 2 is 2.00 bits per heavy atom. The lowest BCUT2D eigenvalue weighted by molar-refractivity contribution is -0.145. The molecule has 94 valence electrons. The van der Waals surface area contributed by atoms with Crippen molar-refractivity contribution in [3.8, 4) is 0 Å². The second kappa shape index (κ2) is 6.78. The predicted molar refractivity (Wildman–Crippen MR) is 66.5 cm³/mol. The van der Waals surface area contributed by atoms with Gasteiger partial charge >= 0.3 is 5.97 Å². The summed E-state index contributed by atoms with van der Waals surface area (Å²) in [4.78, 5) is 22.9. The van der Waals surface area contributed by atoms with Crippen LogP contribution in [0, 0.1) is 0 Å². The summed E-state index contributed by atoms with van der Waals surface area (Å²) in [6.45, 7) is 5.69. The third-order valence-electron chi connectivity index (χ3n) is 2.00. The molecule has 0 aliphatic heterocycles. The van der Waals surface area contributed by atoms with Crippen LogP contribution in [0.4, 0.5) is 0 Å². The van der Waals surface area contributed by atoms with Crippen LogP contribution < -0.4 is 5.32 Å². The Morgan fingerprint density at radius 1 is 1.44 bits per heavy atom. The van der Waals surface area contributed by atoms with Crippen molar-refractivity contribution in [2.75, 3.05) is 7.11 Å². The van der Waals surface area contributed by atoms with E-state index >= 15 is 0 Å². The van der Waals surface area contributed by atoms with E-state index < -0.39 is 12.0 Å². The highest BCUT2D eigenvalue weighted by Gasteiger charge is 2.27. The largest absolute Gasteiger partial charge is 0.467 e. The van der Waals surface area contributed by atoms with Crippen molar-refractivity contribution in [3.63, 3.8) is 0 Å². The summed E-state index contributed by atoms with van der Waals surface area (Å²) in [5.41, 5.74) is 0. The molecule has 0 bridgehead atoms. The van der Waals surface area contributed by atoms with Gasteiger partial charge in [-0.15, -0.1) is 0 Å². The van der Waals surface area contributed by atoms with Crippen LogP contribution in [0.15, 0.2) is 0 Å². The van der Waals surface area contributed by atoms with Crippen LogP contribution in [0.3, 0.4) is 0 Å². The number of carbonyl (C=O) groups excluding carboxylic acids is 2. The van der Waals surface area contributed by atoms with E-state index in [0.717, 1.165) is 6.42 Å². The molecule has 0 heterocycles. The highest BCUT2D eigenvalue weighted by Crippen LogP contribution is 2.19. The van der Waals surface area contributed by atoms with Gasteiger partial charge < -0.3 is 10.1 Å². The lowest BCUT2D eigenvalue weighted by Gasteiger charge is -2.24. The normalized spacial score (nSPS) is 13.1. The molecule has 0 saturated carbocycles. The summed E-state index contributed by atoms with van der Waals surface area (Å²) in [5.74, 6) is -0.554. The number of esters is 1. The maximum Gasteiger partial charge on any atom is 0.328 e. The zero-order chi connectivity index (χ0) is 12.8. The summed E-state index contributed by atoms with van der Waals surface area (Å²) >= 11 is 4.34. The molecule has 1 N–H and O–H groups in total. The molecule has 0 rings (SSSR count). The lowest BCUT2D eigenvalue weighted by Crippen LogP contribution is -2.44. The first kappa shape index (κ1) is 15.3. The van der Waals surface area contributed by atoms with E-state index in [1.165, 1.54) is 7.11 Å². The molecule has 1 amide bonds. The highest BCUT2D eigenvalue weighted by atomic mass is 32.1. The fourth-order valence-corrected chi connectivity index (χ4v) is 1.51. The summed E-state index contributed by atoms with van der Waals surface area (Å²) in [6, 6.07) is -0.614. The van der Waals surface area contributed by atoms with Gasteiger partial charge in [-0.2, -0.15) is 12.6 Å². The topological polar surface area (TPSA) is 55.4 Å². The number of hydrogen-bond acceptors (Lipinski definition) is 4. The number of nitrogens with one attached hydrogen (secondary N) is 1. The first-order valence-electron chi connectivity index (χ1n) is 5.39. The second-order valence-corrected chi connectivity index (χ2v) is 5.62. The van der Waals surface area contributed by atoms with Crippen LogP contribution in [-0.2, 0) is 14.3 Å². The van der Waals surface area contributed by atoms with Crippen LogP contribution >= 0.6 is 12.6 Å². The van der Waals surface area contributed by atoms with Crippen molar-refractivity contribution in [1.82, 2.24) is 5.32 Å². The molecule has 0 aromatic carbocycles. The first-order valence-corrected chi connectivity index (χ1v) is 5.84. The number of amides is 1. The Morgan fingerprint density at radius 3 is 2.38 bits per heavy atom. The van der Waals surface area contributed by atoms with Crippen LogP contribution in [0.25, 0.3) is 0 Å². The van der Waals surface area contributed by atoms with Crippen LogP contribution in [0.2, 0.25) is 0 Å². The van der Waals surface area contributed by atoms with Crippen LogP contribution in [-0.4, -0.2) is 29.8 Å². The van der Waals surface area contributed by atoms with Crippen molar-refractivity contribution in [2.24, 2.45) is 0 Å².